The molecule has 0 fully saturated rings. The maximum absolute atomic E-state index is 11.0. The van der Waals surface area contributed by atoms with Crippen LogP contribution < -0.4 is 17.0 Å². The van der Waals surface area contributed by atoms with Gasteiger partial charge >= 0.3 is 5.91 Å². The van der Waals surface area contributed by atoms with Crippen molar-refractivity contribution in [2.24, 2.45) is 11.6 Å². The number of nitrogen functional groups attached to an aromatic ring is 1. The lowest BCUT2D eigenvalue weighted by atomic mass is 10.4. The largest absolute Gasteiger partial charge is 0.455 e. The highest BCUT2D eigenvalue weighted by Crippen LogP contribution is 2.15. The molecule has 0 aliphatic rings. The zero-order valence-electron chi connectivity index (χ0n) is 8.36. The molecule has 15 heavy (non-hydrogen) atoms. The summed E-state index contributed by atoms with van der Waals surface area (Å²) in [6.07, 6.45) is 0.988. The third-order valence-electron chi connectivity index (χ3n) is 1.75. The molecule has 0 aromatic carbocycles. The van der Waals surface area contributed by atoms with E-state index in [2.05, 4.69) is 0 Å². The van der Waals surface area contributed by atoms with E-state index < -0.39 is 5.91 Å². The molecule has 1 heterocycles. The second-order valence-corrected chi connectivity index (χ2v) is 4.04. The van der Waals surface area contributed by atoms with Crippen molar-refractivity contribution in [2.75, 3.05) is 12.3 Å². The van der Waals surface area contributed by atoms with Gasteiger partial charge in [-0.25, -0.2) is 5.84 Å². The second kappa shape index (κ2) is 6.49. The topological polar surface area (TPSA) is 94.3 Å². The van der Waals surface area contributed by atoms with Crippen molar-refractivity contribution >= 4 is 17.7 Å². The number of hydrogen-bond acceptors (Lipinski definition) is 5. The van der Waals surface area contributed by atoms with Gasteiger partial charge in [-0.2, -0.15) is 11.8 Å². The molecule has 1 aromatic rings. The van der Waals surface area contributed by atoms with E-state index in [0.29, 0.717) is 6.54 Å². The number of furan rings is 1. The van der Waals surface area contributed by atoms with E-state index in [0.717, 1.165) is 23.7 Å². The minimum Gasteiger partial charge on any atom is -0.455 e. The normalized spacial score (nSPS) is 10.3. The van der Waals surface area contributed by atoms with E-state index in [1.54, 1.807) is 23.9 Å². The number of hydrazine groups is 1. The fourth-order valence-electron chi connectivity index (χ4n) is 1.01. The molecule has 0 saturated carbocycles. The molecule has 0 spiro atoms. The van der Waals surface area contributed by atoms with Crippen LogP contribution in [-0.2, 0) is 5.75 Å². The first-order chi connectivity index (χ1) is 7.27. The van der Waals surface area contributed by atoms with Crippen LogP contribution in [0.2, 0.25) is 0 Å². The zero-order chi connectivity index (χ0) is 11.1. The number of rotatable bonds is 6. The SMILES string of the molecule is NCCCSCc1ccc(C(=O)NN)o1. The van der Waals surface area contributed by atoms with Gasteiger partial charge in [0.25, 0.3) is 0 Å². The highest BCUT2D eigenvalue weighted by Gasteiger charge is 2.08. The number of hydrogen-bond donors (Lipinski definition) is 3. The quantitative estimate of drug-likeness (QED) is 0.285. The fourth-order valence-corrected chi connectivity index (χ4v) is 1.88. The Hall–Kier alpha value is -0.980. The van der Waals surface area contributed by atoms with Gasteiger partial charge in [-0.05, 0) is 30.9 Å². The van der Waals surface area contributed by atoms with Gasteiger partial charge in [-0.3, -0.25) is 10.2 Å². The van der Waals surface area contributed by atoms with E-state index in [1.165, 1.54) is 0 Å². The zero-order valence-corrected chi connectivity index (χ0v) is 9.18. The van der Waals surface area contributed by atoms with Gasteiger partial charge in [0.15, 0.2) is 5.76 Å². The number of amides is 1. The average Bonchev–Trinajstić information content (AvgIpc) is 2.72. The summed E-state index contributed by atoms with van der Waals surface area (Å²) < 4.78 is 5.27. The summed E-state index contributed by atoms with van der Waals surface area (Å²) in [4.78, 5) is 11.0. The molecule has 0 atom stereocenters. The summed E-state index contributed by atoms with van der Waals surface area (Å²) in [5.41, 5.74) is 7.38. The summed E-state index contributed by atoms with van der Waals surface area (Å²) in [6, 6.07) is 3.39. The van der Waals surface area contributed by atoms with Crippen molar-refractivity contribution in [3.8, 4) is 0 Å². The van der Waals surface area contributed by atoms with Gasteiger partial charge in [0.05, 0.1) is 5.75 Å². The molecular weight excluding hydrogens is 214 g/mol. The summed E-state index contributed by atoms with van der Waals surface area (Å²) in [5.74, 6) is 7.33. The van der Waals surface area contributed by atoms with Crippen molar-refractivity contribution in [3.63, 3.8) is 0 Å². The summed E-state index contributed by atoms with van der Waals surface area (Å²) in [6.45, 7) is 0.700. The first kappa shape index (κ1) is 12.1. The minimum atomic E-state index is -0.409. The molecule has 6 heteroatoms. The predicted octanol–water partition coefficient (Wildman–Crippen LogP) is 0.465. The fraction of sp³-hybridized carbons (Fsp3) is 0.444. The van der Waals surface area contributed by atoms with E-state index >= 15 is 0 Å². The van der Waals surface area contributed by atoms with Crippen LogP contribution in [0.5, 0.6) is 0 Å². The Morgan fingerprint density at radius 3 is 3.00 bits per heavy atom. The number of thioether (sulfide) groups is 1. The molecule has 0 saturated heterocycles. The molecule has 0 radical (unpaired) electrons. The Labute approximate surface area is 92.5 Å². The van der Waals surface area contributed by atoms with Gasteiger partial charge in [-0.1, -0.05) is 0 Å². The lowest BCUT2D eigenvalue weighted by Crippen LogP contribution is -2.29. The molecule has 0 aliphatic heterocycles. The van der Waals surface area contributed by atoms with Crippen molar-refractivity contribution in [1.82, 2.24) is 5.43 Å². The predicted molar refractivity (Wildman–Crippen MR) is 60.2 cm³/mol. The van der Waals surface area contributed by atoms with Crippen LogP contribution in [0.15, 0.2) is 16.5 Å². The van der Waals surface area contributed by atoms with Crippen LogP contribution in [0, 0.1) is 0 Å². The number of carbonyl (C=O) groups excluding carboxylic acids is 1. The van der Waals surface area contributed by atoms with Crippen molar-refractivity contribution < 1.29 is 9.21 Å². The Balaban J connectivity index is 2.36. The van der Waals surface area contributed by atoms with E-state index in [1.807, 2.05) is 5.43 Å². The number of carbonyl (C=O) groups is 1. The van der Waals surface area contributed by atoms with Crippen LogP contribution in [0.1, 0.15) is 22.7 Å². The van der Waals surface area contributed by atoms with Crippen LogP contribution in [-0.4, -0.2) is 18.2 Å². The third kappa shape index (κ3) is 3.94. The Morgan fingerprint density at radius 1 is 1.53 bits per heavy atom. The first-order valence-electron chi connectivity index (χ1n) is 4.65. The molecule has 5 N–H and O–H groups in total. The highest BCUT2D eigenvalue weighted by atomic mass is 32.2. The molecule has 1 aromatic heterocycles. The van der Waals surface area contributed by atoms with Crippen molar-refractivity contribution in [2.45, 2.75) is 12.2 Å². The molecular formula is C9H15N3O2S. The molecule has 1 rings (SSSR count). The Morgan fingerprint density at radius 2 is 2.33 bits per heavy atom. The van der Waals surface area contributed by atoms with Crippen LogP contribution in [0.4, 0.5) is 0 Å². The lowest BCUT2D eigenvalue weighted by Gasteiger charge is -1.97. The molecule has 84 valence electrons. The van der Waals surface area contributed by atoms with Gasteiger partial charge in [0, 0.05) is 0 Å². The molecule has 1 amide bonds. The monoisotopic (exact) mass is 229 g/mol. The smallest absolute Gasteiger partial charge is 0.300 e. The molecule has 0 unspecified atom stereocenters. The highest BCUT2D eigenvalue weighted by molar-refractivity contribution is 7.98. The second-order valence-electron chi connectivity index (χ2n) is 2.93. The molecule has 0 bridgehead atoms. The van der Waals surface area contributed by atoms with E-state index in [9.17, 15) is 4.79 Å². The third-order valence-corrected chi connectivity index (χ3v) is 2.82. The van der Waals surface area contributed by atoms with Crippen LogP contribution >= 0.6 is 11.8 Å². The van der Waals surface area contributed by atoms with E-state index in [4.69, 9.17) is 16.0 Å². The number of nitrogens with two attached hydrogens (primary N) is 2. The summed E-state index contributed by atoms with van der Waals surface area (Å²) in [7, 11) is 0. The van der Waals surface area contributed by atoms with Gasteiger partial charge in [0.2, 0.25) is 0 Å². The maximum Gasteiger partial charge on any atom is 0.300 e. The number of nitrogens with one attached hydrogen (secondary N) is 1. The average molecular weight is 229 g/mol. The van der Waals surface area contributed by atoms with Gasteiger partial charge < -0.3 is 10.2 Å². The first-order valence-corrected chi connectivity index (χ1v) is 5.81. The van der Waals surface area contributed by atoms with E-state index in [-0.39, 0.29) is 5.76 Å². The Bertz CT molecular complexity index is 314. The Kier molecular flexibility index (Phi) is 5.23. The lowest BCUT2D eigenvalue weighted by molar-refractivity contribution is 0.0924. The van der Waals surface area contributed by atoms with Crippen molar-refractivity contribution in [1.29, 1.82) is 0 Å². The van der Waals surface area contributed by atoms with Crippen molar-refractivity contribution in [3.05, 3.63) is 23.7 Å². The summed E-state index contributed by atoms with van der Waals surface area (Å²) in [5, 5.41) is 0. The standard InChI is InChI=1S/C9H15N3O2S/c10-4-1-5-15-6-7-2-3-8(14-7)9(13)12-11/h2-3H,1,4-6,10-11H2,(H,12,13). The van der Waals surface area contributed by atoms with Crippen LogP contribution in [0.25, 0.3) is 0 Å². The van der Waals surface area contributed by atoms with Gasteiger partial charge in [-0.15, -0.1) is 0 Å². The minimum absolute atomic E-state index is 0.243. The molecule has 0 aliphatic carbocycles. The van der Waals surface area contributed by atoms with Crippen LogP contribution in [0.3, 0.4) is 0 Å². The summed E-state index contributed by atoms with van der Waals surface area (Å²) >= 11 is 1.73. The molecule has 5 nitrogen and oxygen atoms in total. The maximum atomic E-state index is 11.0. The van der Waals surface area contributed by atoms with Gasteiger partial charge in [0.1, 0.15) is 5.76 Å².